The fraction of sp³-hybridized carbons (Fsp3) is 0.381. The first-order chi connectivity index (χ1) is 13.1. The van der Waals surface area contributed by atoms with Gasteiger partial charge in [-0.2, -0.15) is 0 Å². The molecule has 0 aliphatic carbocycles. The van der Waals surface area contributed by atoms with Gasteiger partial charge in [0.25, 0.3) is 0 Å². The lowest BCUT2D eigenvalue weighted by atomic mass is 9.96. The zero-order valence-corrected chi connectivity index (χ0v) is 15.2. The molecule has 0 spiro atoms. The molecule has 0 amide bonds. The zero-order valence-electron chi connectivity index (χ0n) is 15.2. The van der Waals surface area contributed by atoms with Crippen molar-refractivity contribution in [3.63, 3.8) is 0 Å². The Morgan fingerprint density at radius 2 is 2.07 bits per heavy atom. The summed E-state index contributed by atoms with van der Waals surface area (Å²) >= 11 is 0. The number of aromatic nitrogens is 2. The lowest BCUT2D eigenvalue weighted by Gasteiger charge is -2.27. The van der Waals surface area contributed by atoms with Crippen LogP contribution in [-0.4, -0.2) is 45.3 Å². The number of aliphatic hydroxyl groups is 1. The molecule has 0 bridgehead atoms. The molecule has 2 heterocycles. The van der Waals surface area contributed by atoms with Gasteiger partial charge in [-0.15, -0.1) is 0 Å². The highest BCUT2D eigenvalue weighted by Gasteiger charge is 2.31. The molecule has 0 saturated carbocycles. The van der Waals surface area contributed by atoms with Gasteiger partial charge in [-0.1, -0.05) is 18.2 Å². The van der Waals surface area contributed by atoms with Gasteiger partial charge < -0.3 is 14.8 Å². The number of rotatable bonds is 5. The second-order valence-corrected chi connectivity index (χ2v) is 7.33. The Bertz CT molecular complexity index is 913. The van der Waals surface area contributed by atoms with Crippen molar-refractivity contribution in [3.05, 3.63) is 60.2 Å². The SMILES string of the molecule is O[C@@]1(COc2ccccc2F)CCCN(Cc2ccc3nc[nH]c3c2)CC1. The zero-order chi connectivity index (χ0) is 18.7. The largest absolute Gasteiger partial charge is 0.488 e. The molecule has 0 radical (unpaired) electrons. The van der Waals surface area contributed by atoms with Crippen molar-refractivity contribution in [2.45, 2.75) is 31.4 Å². The summed E-state index contributed by atoms with van der Waals surface area (Å²) in [6, 6.07) is 12.6. The molecule has 0 unspecified atom stereocenters. The van der Waals surface area contributed by atoms with E-state index in [0.29, 0.717) is 12.8 Å². The molecule has 1 aromatic heterocycles. The van der Waals surface area contributed by atoms with E-state index in [9.17, 15) is 9.50 Å². The summed E-state index contributed by atoms with van der Waals surface area (Å²) in [6.07, 6.45) is 3.84. The molecule has 1 atom stereocenters. The number of fused-ring (bicyclic) bond motifs is 1. The number of hydrogen-bond acceptors (Lipinski definition) is 4. The number of hydrogen-bond donors (Lipinski definition) is 2. The summed E-state index contributed by atoms with van der Waals surface area (Å²) in [5.74, 6) is -0.203. The van der Waals surface area contributed by atoms with Crippen molar-refractivity contribution in [1.82, 2.24) is 14.9 Å². The predicted octanol–water partition coefficient (Wildman–Crippen LogP) is 3.50. The molecule has 5 nitrogen and oxygen atoms in total. The summed E-state index contributed by atoms with van der Waals surface area (Å²) in [7, 11) is 0. The van der Waals surface area contributed by atoms with Crippen LogP contribution in [0.3, 0.4) is 0 Å². The van der Waals surface area contributed by atoms with Crippen molar-refractivity contribution < 1.29 is 14.2 Å². The van der Waals surface area contributed by atoms with Gasteiger partial charge in [-0.3, -0.25) is 4.90 Å². The van der Waals surface area contributed by atoms with Crippen LogP contribution >= 0.6 is 0 Å². The van der Waals surface area contributed by atoms with Crippen LogP contribution < -0.4 is 4.74 Å². The van der Waals surface area contributed by atoms with E-state index in [1.807, 2.05) is 6.07 Å². The molecule has 1 saturated heterocycles. The Balaban J connectivity index is 1.35. The quantitative estimate of drug-likeness (QED) is 0.723. The molecule has 1 aliphatic rings. The molecular formula is C21H24FN3O2. The molecule has 27 heavy (non-hydrogen) atoms. The topological polar surface area (TPSA) is 61.4 Å². The van der Waals surface area contributed by atoms with E-state index in [1.54, 1.807) is 24.5 Å². The van der Waals surface area contributed by atoms with Gasteiger partial charge in [0.2, 0.25) is 0 Å². The average molecular weight is 369 g/mol. The molecule has 3 aromatic rings. The summed E-state index contributed by atoms with van der Waals surface area (Å²) in [5, 5.41) is 10.9. The van der Waals surface area contributed by atoms with Gasteiger partial charge >= 0.3 is 0 Å². The van der Waals surface area contributed by atoms with E-state index >= 15 is 0 Å². The number of imidazole rings is 1. The average Bonchev–Trinajstić information content (AvgIpc) is 3.05. The van der Waals surface area contributed by atoms with Crippen LogP contribution in [0.1, 0.15) is 24.8 Å². The monoisotopic (exact) mass is 369 g/mol. The van der Waals surface area contributed by atoms with Gasteiger partial charge in [0, 0.05) is 13.1 Å². The minimum atomic E-state index is -0.926. The van der Waals surface area contributed by atoms with Crippen LogP contribution in [0.15, 0.2) is 48.8 Å². The van der Waals surface area contributed by atoms with Gasteiger partial charge in [0.05, 0.1) is 23.0 Å². The van der Waals surface area contributed by atoms with Crippen LogP contribution in [0.5, 0.6) is 5.75 Å². The number of nitrogens with one attached hydrogen (secondary N) is 1. The standard InChI is InChI=1S/C21H24FN3O2/c22-17-4-1-2-5-20(17)27-14-21(26)8-3-10-25(11-9-21)13-16-6-7-18-19(12-16)24-15-23-18/h1-2,4-7,12,15,26H,3,8-11,13-14H2,(H,23,24)/t21-/m0/s1. The van der Waals surface area contributed by atoms with Crippen molar-refractivity contribution in [1.29, 1.82) is 0 Å². The van der Waals surface area contributed by atoms with Crippen molar-refractivity contribution in [2.75, 3.05) is 19.7 Å². The van der Waals surface area contributed by atoms with Gasteiger partial charge in [0.15, 0.2) is 11.6 Å². The first-order valence-corrected chi connectivity index (χ1v) is 9.35. The molecule has 2 aromatic carbocycles. The normalized spacial score (nSPS) is 21.3. The summed E-state index contributed by atoms with van der Waals surface area (Å²) in [6.45, 7) is 2.64. The summed E-state index contributed by atoms with van der Waals surface area (Å²) in [5.41, 5.74) is 2.30. The number of H-pyrrole nitrogens is 1. The van der Waals surface area contributed by atoms with E-state index in [4.69, 9.17) is 4.74 Å². The highest BCUT2D eigenvalue weighted by Crippen LogP contribution is 2.26. The van der Waals surface area contributed by atoms with Crippen molar-refractivity contribution >= 4 is 11.0 Å². The fourth-order valence-electron chi connectivity index (χ4n) is 3.65. The number of aromatic amines is 1. The van der Waals surface area contributed by atoms with Crippen LogP contribution in [0.4, 0.5) is 4.39 Å². The second kappa shape index (κ2) is 7.66. The van der Waals surface area contributed by atoms with E-state index in [2.05, 4.69) is 27.0 Å². The Labute approximate surface area is 157 Å². The smallest absolute Gasteiger partial charge is 0.165 e. The summed E-state index contributed by atoms with van der Waals surface area (Å²) in [4.78, 5) is 9.74. The molecular weight excluding hydrogens is 345 g/mol. The minimum Gasteiger partial charge on any atom is -0.488 e. The Morgan fingerprint density at radius 3 is 2.96 bits per heavy atom. The highest BCUT2D eigenvalue weighted by molar-refractivity contribution is 5.74. The molecule has 6 heteroatoms. The third-order valence-corrected chi connectivity index (χ3v) is 5.23. The van der Waals surface area contributed by atoms with E-state index in [1.165, 1.54) is 11.6 Å². The lowest BCUT2D eigenvalue weighted by molar-refractivity contribution is -0.0177. The lowest BCUT2D eigenvalue weighted by Crippen LogP contribution is -2.37. The number of benzene rings is 2. The predicted molar refractivity (Wildman–Crippen MR) is 102 cm³/mol. The molecule has 4 rings (SSSR count). The van der Waals surface area contributed by atoms with Crippen molar-refractivity contribution in [3.8, 4) is 5.75 Å². The Kier molecular flexibility index (Phi) is 5.09. The van der Waals surface area contributed by atoms with Crippen molar-refractivity contribution in [2.24, 2.45) is 0 Å². The number of likely N-dealkylation sites (tertiary alicyclic amines) is 1. The van der Waals surface area contributed by atoms with Crippen LogP contribution in [-0.2, 0) is 6.54 Å². The number of ether oxygens (including phenoxy) is 1. The van der Waals surface area contributed by atoms with Crippen LogP contribution in [0.25, 0.3) is 11.0 Å². The summed E-state index contributed by atoms with van der Waals surface area (Å²) < 4.78 is 19.3. The van der Waals surface area contributed by atoms with Crippen LogP contribution in [0, 0.1) is 5.82 Å². The first-order valence-electron chi connectivity index (χ1n) is 9.35. The maximum Gasteiger partial charge on any atom is 0.165 e. The van der Waals surface area contributed by atoms with E-state index in [-0.39, 0.29) is 12.4 Å². The number of nitrogens with zero attached hydrogens (tertiary/aromatic N) is 2. The first kappa shape index (κ1) is 17.9. The van der Waals surface area contributed by atoms with E-state index in [0.717, 1.165) is 37.1 Å². The Hall–Kier alpha value is -2.44. The second-order valence-electron chi connectivity index (χ2n) is 7.33. The fourth-order valence-corrected chi connectivity index (χ4v) is 3.65. The van der Waals surface area contributed by atoms with Gasteiger partial charge in [-0.05, 0) is 55.6 Å². The molecule has 1 fully saturated rings. The van der Waals surface area contributed by atoms with E-state index < -0.39 is 11.4 Å². The maximum atomic E-state index is 13.7. The molecule has 142 valence electrons. The molecule has 1 aliphatic heterocycles. The minimum absolute atomic E-state index is 0.113. The molecule has 2 N–H and O–H groups in total. The maximum absolute atomic E-state index is 13.7. The number of para-hydroxylation sites is 1. The number of halogens is 1. The third kappa shape index (κ3) is 4.28. The van der Waals surface area contributed by atoms with Crippen LogP contribution in [0.2, 0.25) is 0 Å². The van der Waals surface area contributed by atoms with Gasteiger partial charge in [0.1, 0.15) is 6.61 Å². The van der Waals surface area contributed by atoms with Gasteiger partial charge in [-0.25, -0.2) is 9.37 Å². The third-order valence-electron chi connectivity index (χ3n) is 5.23. The Morgan fingerprint density at radius 1 is 1.19 bits per heavy atom. The highest BCUT2D eigenvalue weighted by atomic mass is 19.1.